The molecule has 1 fully saturated rings. The molecule has 0 saturated carbocycles. The van der Waals surface area contributed by atoms with E-state index >= 15 is 0 Å². The predicted molar refractivity (Wildman–Crippen MR) is 122 cm³/mol. The summed E-state index contributed by atoms with van der Waals surface area (Å²) in [5.41, 5.74) is 1.23. The van der Waals surface area contributed by atoms with Crippen molar-refractivity contribution in [3.8, 4) is 0 Å². The fourth-order valence-corrected chi connectivity index (χ4v) is 2.80. The Morgan fingerprint density at radius 3 is 2.50 bits per heavy atom. The molecular formula is C19H35IN6. The van der Waals surface area contributed by atoms with Gasteiger partial charge < -0.3 is 20.4 Å². The van der Waals surface area contributed by atoms with E-state index in [-0.39, 0.29) is 24.0 Å². The van der Waals surface area contributed by atoms with Crippen LogP contribution in [0.2, 0.25) is 0 Å². The van der Waals surface area contributed by atoms with E-state index in [9.17, 15) is 0 Å². The van der Waals surface area contributed by atoms with Crippen LogP contribution in [0.1, 0.15) is 33.3 Å². The minimum atomic E-state index is 0. The van der Waals surface area contributed by atoms with Gasteiger partial charge in [-0.3, -0.25) is 4.99 Å². The predicted octanol–water partition coefficient (Wildman–Crippen LogP) is 2.55. The lowest BCUT2D eigenvalue weighted by atomic mass is 10.1. The number of hydrogen-bond donors (Lipinski definition) is 2. The van der Waals surface area contributed by atoms with Crippen LogP contribution in [-0.4, -0.2) is 61.7 Å². The summed E-state index contributed by atoms with van der Waals surface area (Å²) >= 11 is 0. The molecule has 2 rings (SSSR count). The van der Waals surface area contributed by atoms with Crippen LogP contribution in [0.15, 0.2) is 23.3 Å². The highest BCUT2D eigenvalue weighted by Gasteiger charge is 2.17. The zero-order chi connectivity index (χ0) is 18.2. The Balaban J connectivity index is 0.00000338. The standard InChI is InChI=1S/C19H34N6.HI/c1-6-24-9-11-25(12-10-24)18-13-17(7-8-21-18)14-22-19(20-5)23-16(4)15(2)3;/h7-8,13,15-16H,6,9-12,14H2,1-5H3,(H2,20,22,23);1H. The van der Waals surface area contributed by atoms with E-state index in [0.717, 1.165) is 51.0 Å². The molecule has 1 aromatic rings. The Morgan fingerprint density at radius 2 is 1.92 bits per heavy atom. The van der Waals surface area contributed by atoms with Crippen LogP contribution in [0.3, 0.4) is 0 Å². The third-order valence-electron chi connectivity index (χ3n) is 5.00. The van der Waals surface area contributed by atoms with Gasteiger partial charge in [-0.25, -0.2) is 4.98 Å². The van der Waals surface area contributed by atoms with Crippen molar-refractivity contribution in [2.45, 2.75) is 40.3 Å². The van der Waals surface area contributed by atoms with E-state index in [2.05, 4.69) is 70.2 Å². The van der Waals surface area contributed by atoms with E-state index < -0.39 is 0 Å². The molecule has 148 valence electrons. The van der Waals surface area contributed by atoms with Crippen molar-refractivity contribution in [1.29, 1.82) is 0 Å². The zero-order valence-electron chi connectivity index (χ0n) is 16.8. The largest absolute Gasteiger partial charge is 0.354 e. The number of nitrogens with zero attached hydrogens (tertiary/aromatic N) is 4. The number of hydrogen-bond acceptors (Lipinski definition) is 4. The molecule has 6 nitrogen and oxygen atoms in total. The van der Waals surface area contributed by atoms with Crippen LogP contribution in [-0.2, 0) is 6.54 Å². The fraction of sp³-hybridized carbons (Fsp3) is 0.684. The summed E-state index contributed by atoms with van der Waals surface area (Å²) in [7, 11) is 1.81. The second kappa shape index (κ2) is 11.6. The van der Waals surface area contributed by atoms with E-state index in [1.54, 1.807) is 0 Å². The molecule has 2 N–H and O–H groups in total. The van der Waals surface area contributed by atoms with Gasteiger partial charge in [-0.1, -0.05) is 20.8 Å². The van der Waals surface area contributed by atoms with Gasteiger partial charge in [-0.2, -0.15) is 0 Å². The summed E-state index contributed by atoms with van der Waals surface area (Å²) in [6.07, 6.45) is 1.91. The lowest BCUT2D eigenvalue weighted by Gasteiger charge is -2.34. The minimum absolute atomic E-state index is 0. The monoisotopic (exact) mass is 474 g/mol. The normalized spacial score (nSPS) is 17.0. The van der Waals surface area contributed by atoms with Crippen LogP contribution in [0, 0.1) is 5.92 Å². The molecule has 1 atom stereocenters. The summed E-state index contributed by atoms with van der Waals surface area (Å²) in [6.45, 7) is 15.0. The SMILES string of the molecule is CCN1CCN(c2cc(CNC(=NC)NC(C)C(C)C)ccn2)CC1.I. The Kier molecular flexibility index (Phi) is 10.2. The quantitative estimate of drug-likeness (QED) is 0.377. The van der Waals surface area contributed by atoms with Gasteiger partial charge >= 0.3 is 0 Å². The highest BCUT2D eigenvalue weighted by molar-refractivity contribution is 14.0. The number of halogens is 1. The summed E-state index contributed by atoms with van der Waals surface area (Å²) in [6, 6.07) is 4.64. The van der Waals surface area contributed by atoms with Gasteiger partial charge in [0, 0.05) is 52.0 Å². The number of likely N-dealkylation sites (N-methyl/N-ethyl adjacent to an activating group) is 1. The maximum absolute atomic E-state index is 4.57. The summed E-state index contributed by atoms with van der Waals surface area (Å²) in [5, 5.41) is 6.84. The molecule has 26 heavy (non-hydrogen) atoms. The number of aromatic nitrogens is 1. The van der Waals surface area contributed by atoms with Gasteiger partial charge in [0.15, 0.2) is 5.96 Å². The molecular weight excluding hydrogens is 439 g/mol. The number of guanidine groups is 1. The molecule has 0 aromatic carbocycles. The molecule has 1 aliphatic heterocycles. The topological polar surface area (TPSA) is 55.8 Å². The molecule has 0 aliphatic carbocycles. The highest BCUT2D eigenvalue weighted by atomic mass is 127. The Morgan fingerprint density at radius 1 is 1.23 bits per heavy atom. The molecule has 1 aliphatic rings. The van der Waals surface area contributed by atoms with Gasteiger partial charge in [-0.15, -0.1) is 24.0 Å². The zero-order valence-corrected chi connectivity index (χ0v) is 19.2. The van der Waals surface area contributed by atoms with Gasteiger partial charge in [-0.05, 0) is 37.1 Å². The second-order valence-electron chi connectivity index (χ2n) is 7.05. The second-order valence-corrected chi connectivity index (χ2v) is 7.05. The molecule has 0 radical (unpaired) electrons. The van der Waals surface area contributed by atoms with Gasteiger partial charge in [0.2, 0.25) is 0 Å². The van der Waals surface area contributed by atoms with E-state index in [0.29, 0.717) is 12.0 Å². The fourth-order valence-electron chi connectivity index (χ4n) is 2.80. The van der Waals surface area contributed by atoms with Gasteiger partial charge in [0.05, 0.1) is 0 Å². The van der Waals surface area contributed by atoms with Crippen LogP contribution in [0.4, 0.5) is 5.82 Å². The number of aliphatic imine (C=N–C) groups is 1. The van der Waals surface area contributed by atoms with Crippen molar-refractivity contribution in [1.82, 2.24) is 20.5 Å². The van der Waals surface area contributed by atoms with E-state index in [4.69, 9.17) is 0 Å². The van der Waals surface area contributed by atoms with E-state index in [1.165, 1.54) is 5.56 Å². The van der Waals surface area contributed by atoms with Crippen LogP contribution in [0.5, 0.6) is 0 Å². The number of piperazine rings is 1. The van der Waals surface area contributed by atoms with Crippen LogP contribution in [0.25, 0.3) is 0 Å². The first-order valence-electron chi connectivity index (χ1n) is 9.43. The first-order valence-corrected chi connectivity index (χ1v) is 9.43. The summed E-state index contributed by atoms with van der Waals surface area (Å²) in [5.74, 6) is 2.48. The van der Waals surface area contributed by atoms with Crippen molar-refractivity contribution in [2.24, 2.45) is 10.9 Å². The number of nitrogens with one attached hydrogen (secondary N) is 2. The maximum atomic E-state index is 4.57. The Hall–Kier alpha value is -1.09. The highest BCUT2D eigenvalue weighted by Crippen LogP contribution is 2.15. The van der Waals surface area contributed by atoms with Gasteiger partial charge in [0.25, 0.3) is 0 Å². The van der Waals surface area contributed by atoms with Crippen molar-refractivity contribution < 1.29 is 0 Å². The molecule has 0 spiro atoms. The minimum Gasteiger partial charge on any atom is -0.354 e. The van der Waals surface area contributed by atoms with Crippen molar-refractivity contribution >= 4 is 35.8 Å². The Labute approximate surface area is 175 Å². The number of pyridine rings is 1. The number of rotatable bonds is 6. The van der Waals surface area contributed by atoms with Crippen molar-refractivity contribution in [2.75, 3.05) is 44.7 Å². The average molecular weight is 474 g/mol. The summed E-state index contributed by atoms with van der Waals surface area (Å²) in [4.78, 5) is 13.7. The molecule has 7 heteroatoms. The smallest absolute Gasteiger partial charge is 0.191 e. The van der Waals surface area contributed by atoms with E-state index in [1.807, 2.05) is 13.2 Å². The third-order valence-corrected chi connectivity index (χ3v) is 5.00. The first kappa shape index (κ1) is 23.0. The molecule has 0 amide bonds. The number of anilines is 1. The van der Waals surface area contributed by atoms with Crippen molar-refractivity contribution in [3.05, 3.63) is 23.9 Å². The molecule has 2 heterocycles. The first-order chi connectivity index (χ1) is 12.0. The van der Waals surface area contributed by atoms with Gasteiger partial charge in [0.1, 0.15) is 5.82 Å². The molecule has 1 unspecified atom stereocenters. The van der Waals surface area contributed by atoms with Crippen LogP contribution < -0.4 is 15.5 Å². The van der Waals surface area contributed by atoms with Crippen molar-refractivity contribution in [3.63, 3.8) is 0 Å². The lowest BCUT2D eigenvalue weighted by Crippen LogP contribution is -2.46. The Bertz CT molecular complexity index is 555. The average Bonchev–Trinajstić information content (AvgIpc) is 2.65. The lowest BCUT2D eigenvalue weighted by molar-refractivity contribution is 0.270. The molecule has 0 bridgehead atoms. The maximum Gasteiger partial charge on any atom is 0.191 e. The molecule has 1 saturated heterocycles. The summed E-state index contributed by atoms with van der Waals surface area (Å²) < 4.78 is 0. The molecule has 1 aromatic heterocycles. The third kappa shape index (κ3) is 6.90. The van der Waals surface area contributed by atoms with Crippen LogP contribution >= 0.6 is 24.0 Å².